The number of hydrogen-bond donors (Lipinski definition) is 4. The van der Waals surface area contributed by atoms with Crippen molar-refractivity contribution in [2.45, 2.75) is 37.1 Å². The standard InChI is InChI=1S/C11H16O5/c12-8-4-3-5-9(13)11(8,16)7-2-1-6-10(14)15/h1-2,6-9,12-13,16H,3-5H2,(H,14,15)/b6-1-,7-2+/t8-,9-/m1/s1. The Morgan fingerprint density at radius 3 is 2.25 bits per heavy atom. The second-order valence-corrected chi connectivity index (χ2v) is 3.91. The molecule has 0 aromatic heterocycles. The van der Waals surface area contributed by atoms with Crippen LogP contribution in [-0.4, -0.2) is 44.2 Å². The van der Waals surface area contributed by atoms with Gasteiger partial charge >= 0.3 is 5.97 Å². The molecule has 0 aromatic rings. The van der Waals surface area contributed by atoms with Gasteiger partial charge in [0.25, 0.3) is 0 Å². The minimum Gasteiger partial charge on any atom is -0.478 e. The molecule has 4 N–H and O–H groups in total. The Morgan fingerprint density at radius 2 is 1.75 bits per heavy atom. The summed E-state index contributed by atoms with van der Waals surface area (Å²) < 4.78 is 0. The Morgan fingerprint density at radius 1 is 1.19 bits per heavy atom. The third kappa shape index (κ3) is 2.91. The monoisotopic (exact) mass is 228 g/mol. The summed E-state index contributed by atoms with van der Waals surface area (Å²) in [5.74, 6) is -1.10. The largest absolute Gasteiger partial charge is 0.478 e. The highest BCUT2D eigenvalue weighted by Gasteiger charge is 2.42. The lowest BCUT2D eigenvalue weighted by Gasteiger charge is -2.38. The van der Waals surface area contributed by atoms with Crippen LogP contribution in [0.3, 0.4) is 0 Å². The predicted octanol–water partition coefficient (Wildman–Crippen LogP) is -0.180. The van der Waals surface area contributed by atoms with Crippen LogP contribution in [-0.2, 0) is 4.79 Å². The lowest BCUT2D eigenvalue weighted by molar-refractivity contribution is -0.136. The summed E-state index contributed by atoms with van der Waals surface area (Å²) in [6.07, 6.45) is 4.13. The van der Waals surface area contributed by atoms with Gasteiger partial charge in [0.05, 0.1) is 12.2 Å². The molecule has 1 aliphatic carbocycles. The molecule has 0 saturated heterocycles. The molecule has 2 atom stereocenters. The molecule has 0 heterocycles. The first kappa shape index (κ1) is 12.9. The first-order valence-corrected chi connectivity index (χ1v) is 5.14. The zero-order chi connectivity index (χ0) is 12.2. The zero-order valence-corrected chi connectivity index (χ0v) is 8.78. The van der Waals surface area contributed by atoms with Gasteiger partial charge in [0.15, 0.2) is 0 Å². The number of carboxylic acids is 1. The maximum atomic E-state index is 10.2. The molecule has 1 saturated carbocycles. The van der Waals surface area contributed by atoms with E-state index in [-0.39, 0.29) is 0 Å². The van der Waals surface area contributed by atoms with Gasteiger partial charge in [0, 0.05) is 6.08 Å². The summed E-state index contributed by atoms with van der Waals surface area (Å²) in [5, 5.41) is 37.6. The van der Waals surface area contributed by atoms with E-state index in [9.17, 15) is 20.1 Å². The summed E-state index contributed by atoms with van der Waals surface area (Å²) in [7, 11) is 0. The van der Waals surface area contributed by atoms with Gasteiger partial charge in [-0.15, -0.1) is 0 Å². The van der Waals surface area contributed by atoms with E-state index in [2.05, 4.69) is 0 Å². The second kappa shape index (κ2) is 5.25. The van der Waals surface area contributed by atoms with Crippen LogP contribution in [0.5, 0.6) is 0 Å². The van der Waals surface area contributed by atoms with E-state index in [4.69, 9.17) is 5.11 Å². The van der Waals surface area contributed by atoms with Crippen molar-refractivity contribution < 1.29 is 25.2 Å². The van der Waals surface area contributed by atoms with E-state index in [0.717, 1.165) is 6.08 Å². The number of aliphatic carboxylic acids is 1. The molecule has 16 heavy (non-hydrogen) atoms. The molecule has 5 heteroatoms. The fourth-order valence-electron chi connectivity index (χ4n) is 1.76. The quantitative estimate of drug-likeness (QED) is 0.397. The summed E-state index contributed by atoms with van der Waals surface area (Å²) in [5.41, 5.74) is -1.68. The Hall–Kier alpha value is -1.17. The Labute approximate surface area is 93.3 Å². The third-order valence-corrected chi connectivity index (χ3v) is 2.74. The topological polar surface area (TPSA) is 98.0 Å². The predicted molar refractivity (Wildman–Crippen MR) is 56.7 cm³/mol. The Kier molecular flexibility index (Phi) is 4.23. The Bertz CT molecular complexity index is 297. The number of allylic oxidation sites excluding steroid dienone is 2. The van der Waals surface area contributed by atoms with E-state index >= 15 is 0 Å². The molecular formula is C11H16O5. The molecule has 0 unspecified atom stereocenters. The molecule has 1 fully saturated rings. The number of aliphatic hydroxyl groups is 3. The minimum atomic E-state index is -1.68. The molecule has 0 amide bonds. The van der Waals surface area contributed by atoms with Crippen molar-refractivity contribution in [2.75, 3.05) is 0 Å². The summed E-state index contributed by atoms with van der Waals surface area (Å²) in [6, 6.07) is 0. The number of carboxylic acid groups (broad SMARTS) is 1. The first-order chi connectivity index (χ1) is 7.47. The van der Waals surface area contributed by atoms with Gasteiger partial charge in [-0.3, -0.25) is 0 Å². The highest BCUT2D eigenvalue weighted by atomic mass is 16.4. The molecule has 1 aliphatic rings. The van der Waals surface area contributed by atoms with Crippen molar-refractivity contribution in [1.29, 1.82) is 0 Å². The molecule has 0 bridgehead atoms. The van der Waals surface area contributed by atoms with Crippen LogP contribution in [0.2, 0.25) is 0 Å². The molecule has 1 rings (SSSR count). The van der Waals surface area contributed by atoms with Crippen LogP contribution in [0.25, 0.3) is 0 Å². The van der Waals surface area contributed by atoms with Crippen molar-refractivity contribution >= 4 is 5.97 Å². The maximum absolute atomic E-state index is 10.2. The normalized spacial score (nSPS) is 29.9. The number of hydrogen-bond acceptors (Lipinski definition) is 4. The van der Waals surface area contributed by atoms with Crippen LogP contribution in [0.15, 0.2) is 24.3 Å². The molecule has 90 valence electrons. The SMILES string of the molecule is O=C(O)/C=C\C=C\C1(O)[C@H](O)CCC[C@H]1O. The van der Waals surface area contributed by atoms with E-state index in [1.807, 2.05) is 0 Å². The average molecular weight is 228 g/mol. The van der Waals surface area contributed by atoms with Crippen molar-refractivity contribution in [1.82, 2.24) is 0 Å². The molecule has 0 aliphatic heterocycles. The molecule has 0 radical (unpaired) electrons. The van der Waals surface area contributed by atoms with E-state index in [1.165, 1.54) is 18.2 Å². The van der Waals surface area contributed by atoms with Gasteiger partial charge in [0.1, 0.15) is 5.60 Å². The highest BCUT2D eigenvalue weighted by molar-refractivity contribution is 5.80. The number of aliphatic hydroxyl groups excluding tert-OH is 2. The minimum absolute atomic E-state index is 0.417. The Balaban J connectivity index is 2.71. The molecule has 0 aromatic carbocycles. The lowest BCUT2D eigenvalue weighted by Crippen LogP contribution is -2.53. The summed E-state index contributed by atoms with van der Waals surface area (Å²) >= 11 is 0. The van der Waals surface area contributed by atoms with Crippen molar-refractivity contribution in [2.24, 2.45) is 0 Å². The van der Waals surface area contributed by atoms with E-state index in [1.54, 1.807) is 0 Å². The van der Waals surface area contributed by atoms with Gasteiger partial charge in [-0.2, -0.15) is 0 Å². The van der Waals surface area contributed by atoms with Gasteiger partial charge < -0.3 is 20.4 Å². The fourth-order valence-corrected chi connectivity index (χ4v) is 1.76. The van der Waals surface area contributed by atoms with Gasteiger partial charge in [-0.05, 0) is 25.3 Å². The first-order valence-electron chi connectivity index (χ1n) is 5.14. The van der Waals surface area contributed by atoms with Crippen LogP contribution in [0.1, 0.15) is 19.3 Å². The van der Waals surface area contributed by atoms with Crippen LogP contribution < -0.4 is 0 Å². The zero-order valence-electron chi connectivity index (χ0n) is 8.78. The van der Waals surface area contributed by atoms with E-state index < -0.39 is 23.8 Å². The highest BCUT2D eigenvalue weighted by Crippen LogP contribution is 2.30. The van der Waals surface area contributed by atoms with Crippen LogP contribution in [0, 0.1) is 0 Å². The van der Waals surface area contributed by atoms with Gasteiger partial charge in [-0.25, -0.2) is 4.79 Å². The molecule has 5 nitrogen and oxygen atoms in total. The lowest BCUT2D eigenvalue weighted by atomic mass is 9.79. The fraction of sp³-hybridized carbons (Fsp3) is 0.545. The number of rotatable bonds is 3. The van der Waals surface area contributed by atoms with E-state index in [0.29, 0.717) is 19.3 Å². The molecule has 0 spiro atoms. The third-order valence-electron chi connectivity index (χ3n) is 2.74. The van der Waals surface area contributed by atoms with Crippen molar-refractivity contribution in [3.8, 4) is 0 Å². The molecular weight excluding hydrogens is 212 g/mol. The van der Waals surface area contributed by atoms with Gasteiger partial charge in [0.2, 0.25) is 0 Å². The smallest absolute Gasteiger partial charge is 0.328 e. The number of carbonyl (C=O) groups is 1. The van der Waals surface area contributed by atoms with Crippen molar-refractivity contribution in [3.63, 3.8) is 0 Å². The summed E-state index contributed by atoms with van der Waals surface area (Å²) in [4.78, 5) is 10.2. The van der Waals surface area contributed by atoms with Crippen LogP contribution >= 0.6 is 0 Å². The second-order valence-electron chi connectivity index (χ2n) is 3.91. The van der Waals surface area contributed by atoms with Crippen molar-refractivity contribution in [3.05, 3.63) is 24.3 Å². The van der Waals surface area contributed by atoms with Crippen LogP contribution in [0.4, 0.5) is 0 Å². The summed E-state index contributed by atoms with van der Waals surface area (Å²) in [6.45, 7) is 0. The maximum Gasteiger partial charge on any atom is 0.328 e. The van der Waals surface area contributed by atoms with Gasteiger partial charge in [-0.1, -0.05) is 12.2 Å². The average Bonchev–Trinajstić information content (AvgIpc) is 2.21.